The van der Waals surface area contributed by atoms with Crippen LogP contribution in [0.5, 0.6) is 0 Å². The highest BCUT2D eigenvalue weighted by Gasteiger charge is 2.19. The Bertz CT molecular complexity index is 547. The molecule has 1 aliphatic rings. The molecular weight excluding hydrogens is 264 g/mol. The zero-order valence-electron chi connectivity index (χ0n) is 10.3. The molecule has 0 amide bonds. The number of piperidine rings is 1. The van der Waals surface area contributed by atoms with Gasteiger partial charge in [-0.2, -0.15) is 0 Å². The first-order valence-corrected chi connectivity index (χ1v) is 8.18. The lowest BCUT2D eigenvalue weighted by atomic mass is 10.1. The van der Waals surface area contributed by atoms with Gasteiger partial charge in [-0.1, -0.05) is 11.3 Å². The first-order valence-electron chi connectivity index (χ1n) is 6.14. The average molecular weight is 280 g/mol. The Morgan fingerprint density at radius 1 is 1.39 bits per heavy atom. The van der Waals surface area contributed by atoms with Gasteiger partial charge in [-0.05, 0) is 37.3 Å². The maximum absolute atomic E-state index is 9.54. The Kier molecular flexibility index (Phi) is 3.46. The second kappa shape index (κ2) is 5.07. The number of fused-ring (bicyclic) bond motifs is 1. The molecule has 18 heavy (non-hydrogen) atoms. The lowest BCUT2D eigenvalue weighted by molar-refractivity contribution is 0.145. The fourth-order valence-electron chi connectivity index (χ4n) is 2.21. The largest absolute Gasteiger partial charge is 0.393 e. The van der Waals surface area contributed by atoms with Crippen molar-refractivity contribution in [1.82, 2.24) is 4.98 Å². The normalized spacial score (nSPS) is 17.6. The molecule has 5 heteroatoms. The third kappa shape index (κ3) is 2.35. The minimum Gasteiger partial charge on any atom is -0.393 e. The zero-order chi connectivity index (χ0) is 12.5. The number of benzene rings is 1. The van der Waals surface area contributed by atoms with Crippen molar-refractivity contribution < 1.29 is 5.11 Å². The predicted octanol–water partition coefficient (Wildman–Crippen LogP) is 2.98. The quantitative estimate of drug-likeness (QED) is 0.858. The summed E-state index contributed by atoms with van der Waals surface area (Å²) in [6, 6.07) is 6.43. The smallest absolute Gasteiger partial charge is 0.186 e. The van der Waals surface area contributed by atoms with Crippen LogP contribution in [0.25, 0.3) is 10.2 Å². The second-order valence-corrected chi connectivity index (χ2v) is 6.44. The van der Waals surface area contributed by atoms with E-state index in [2.05, 4.69) is 29.4 Å². The number of hydrogen-bond acceptors (Lipinski definition) is 5. The summed E-state index contributed by atoms with van der Waals surface area (Å²) < 4.78 is 1.25. The van der Waals surface area contributed by atoms with Gasteiger partial charge in [-0.15, -0.1) is 11.8 Å². The standard InChI is InChI=1S/C13H16N2OS2/c1-17-10-2-3-11-12(8-10)18-13(14-11)15-6-4-9(16)5-7-15/h2-3,8-9,16H,4-7H2,1H3. The first-order chi connectivity index (χ1) is 8.76. The topological polar surface area (TPSA) is 36.4 Å². The summed E-state index contributed by atoms with van der Waals surface area (Å²) in [5.74, 6) is 0. The van der Waals surface area contributed by atoms with Crippen LogP contribution in [0.4, 0.5) is 5.13 Å². The first kappa shape index (κ1) is 12.3. The van der Waals surface area contributed by atoms with Crippen molar-refractivity contribution in [2.24, 2.45) is 0 Å². The van der Waals surface area contributed by atoms with Gasteiger partial charge in [-0.3, -0.25) is 0 Å². The van der Waals surface area contributed by atoms with Crippen molar-refractivity contribution in [2.45, 2.75) is 23.8 Å². The number of aromatic nitrogens is 1. The second-order valence-electron chi connectivity index (χ2n) is 4.55. The van der Waals surface area contributed by atoms with E-state index in [1.807, 2.05) is 0 Å². The molecule has 1 aromatic carbocycles. The summed E-state index contributed by atoms with van der Waals surface area (Å²) in [6.45, 7) is 1.83. The minimum absolute atomic E-state index is 0.126. The van der Waals surface area contributed by atoms with E-state index < -0.39 is 0 Å². The van der Waals surface area contributed by atoms with Crippen LogP contribution >= 0.6 is 23.1 Å². The van der Waals surface area contributed by atoms with Gasteiger partial charge in [0.15, 0.2) is 5.13 Å². The van der Waals surface area contributed by atoms with Crippen molar-refractivity contribution >= 4 is 38.4 Å². The van der Waals surface area contributed by atoms with Crippen LogP contribution in [-0.4, -0.2) is 35.5 Å². The van der Waals surface area contributed by atoms with Gasteiger partial charge in [0, 0.05) is 18.0 Å². The van der Waals surface area contributed by atoms with Crippen molar-refractivity contribution in [3.05, 3.63) is 18.2 Å². The summed E-state index contributed by atoms with van der Waals surface area (Å²) in [6.07, 6.45) is 3.67. The van der Waals surface area contributed by atoms with Crippen LogP contribution in [-0.2, 0) is 0 Å². The van der Waals surface area contributed by atoms with Gasteiger partial charge in [0.2, 0.25) is 0 Å². The SMILES string of the molecule is CSc1ccc2nc(N3CCC(O)CC3)sc2c1. The Hall–Kier alpha value is -0.780. The van der Waals surface area contributed by atoms with Gasteiger partial charge in [0.1, 0.15) is 0 Å². The van der Waals surface area contributed by atoms with Gasteiger partial charge >= 0.3 is 0 Å². The maximum Gasteiger partial charge on any atom is 0.186 e. The number of thiazole rings is 1. The average Bonchev–Trinajstić information content (AvgIpc) is 2.82. The van der Waals surface area contributed by atoms with E-state index in [9.17, 15) is 5.11 Å². The van der Waals surface area contributed by atoms with Gasteiger partial charge in [0.05, 0.1) is 16.3 Å². The Morgan fingerprint density at radius 2 is 2.17 bits per heavy atom. The lowest BCUT2D eigenvalue weighted by Crippen LogP contribution is -2.35. The number of aliphatic hydroxyl groups is 1. The molecule has 0 radical (unpaired) electrons. The molecule has 96 valence electrons. The molecule has 1 N–H and O–H groups in total. The molecule has 0 aliphatic carbocycles. The third-order valence-corrected chi connectivity index (χ3v) is 5.12. The Balaban J connectivity index is 1.88. The molecule has 3 rings (SSSR count). The van der Waals surface area contributed by atoms with Crippen LogP contribution in [0, 0.1) is 0 Å². The highest BCUT2D eigenvalue weighted by Crippen LogP contribution is 2.32. The van der Waals surface area contributed by atoms with Crippen molar-refractivity contribution in [2.75, 3.05) is 24.2 Å². The van der Waals surface area contributed by atoms with E-state index in [4.69, 9.17) is 4.98 Å². The fraction of sp³-hybridized carbons (Fsp3) is 0.462. The Labute approximate surface area is 115 Å². The van der Waals surface area contributed by atoms with Crippen molar-refractivity contribution in [3.63, 3.8) is 0 Å². The number of nitrogens with zero attached hydrogens (tertiary/aromatic N) is 2. The predicted molar refractivity (Wildman–Crippen MR) is 78.9 cm³/mol. The van der Waals surface area contributed by atoms with Crippen LogP contribution in [0.2, 0.25) is 0 Å². The van der Waals surface area contributed by atoms with Crippen LogP contribution < -0.4 is 4.90 Å². The molecule has 2 aromatic rings. The number of anilines is 1. The van der Waals surface area contributed by atoms with Gasteiger partial charge in [-0.25, -0.2) is 4.98 Å². The molecule has 0 saturated carbocycles. The number of hydrogen-bond donors (Lipinski definition) is 1. The molecular formula is C13H16N2OS2. The van der Waals surface area contributed by atoms with E-state index in [0.717, 1.165) is 36.6 Å². The van der Waals surface area contributed by atoms with Crippen LogP contribution in [0.15, 0.2) is 23.1 Å². The number of aliphatic hydroxyl groups excluding tert-OH is 1. The Morgan fingerprint density at radius 3 is 2.89 bits per heavy atom. The summed E-state index contributed by atoms with van der Waals surface area (Å²) in [5.41, 5.74) is 1.08. The summed E-state index contributed by atoms with van der Waals surface area (Å²) in [4.78, 5) is 8.26. The summed E-state index contributed by atoms with van der Waals surface area (Å²) >= 11 is 3.52. The summed E-state index contributed by atoms with van der Waals surface area (Å²) in [5, 5.41) is 10.6. The van der Waals surface area contributed by atoms with Crippen LogP contribution in [0.1, 0.15) is 12.8 Å². The molecule has 0 atom stereocenters. The van der Waals surface area contributed by atoms with E-state index in [-0.39, 0.29) is 6.10 Å². The number of thioether (sulfide) groups is 1. The fourth-order valence-corrected chi connectivity index (χ4v) is 3.78. The lowest BCUT2D eigenvalue weighted by Gasteiger charge is -2.28. The van der Waals surface area contributed by atoms with Gasteiger partial charge in [0.25, 0.3) is 0 Å². The minimum atomic E-state index is -0.126. The van der Waals surface area contributed by atoms with E-state index in [0.29, 0.717) is 0 Å². The van der Waals surface area contributed by atoms with E-state index in [1.165, 1.54) is 9.60 Å². The molecule has 1 fully saturated rings. The highest BCUT2D eigenvalue weighted by atomic mass is 32.2. The monoisotopic (exact) mass is 280 g/mol. The summed E-state index contributed by atoms with van der Waals surface area (Å²) in [7, 11) is 0. The maximum atomic E-state index is 9.54. The molecule has 3 nitrogen and oxygen atoms in total. The van der Waals surface area contributed by atoms with E-state index in [1.54, 1.807) is 23.1 Å². The van der Waals surface area contributed by atoms with Crippen LogP contribution in [0.3, 0.4) is 0 Å². The zero-order valence-corrected chi connectivity index (χ0v) is 11.9. The molecule has 0 unspecified atom stereocenters. The number of rotatable bonds is 2. The molecule has 1 aromatic heterocycles. The van der Waals surface area contributed by atoms with E-state index >= 15 is 0 Å². The highest BCUT2D eigenvalue weighted by molar-refractivity contribution is 7.98. The van der Waals surface area contributed by atoms with Crippen molar-refractivity contribution in [3.8, 4) is 0 Å². The molecule has 2 heterocycles. The molecule has 1 saturated heterocycles. The van der Waals surface area contributed by atoms with Crippen molar-refractivity contribution in [1.29, 1.82) is 0 Å². The molecule has 1 aliphatic heterocycles. The molecule has 0 bridgehead atoms. The molecule has 0 spiro atoms. The van der Waals surface area contributed by atoms with Gasteiger partial charge < -0.3 is 10.0 Å². The third-order valence-electron chi connectivity index (χ3n) is 3.32.